The molecule has 0 amide bonds. The van der Waals surface area contributed by atoms with E-state index in [4.69, 9.17) is 4.74 Å². The molecule has 98 valence electrons. The molecule has 0 unspecified atom stereocenters. The van der Waals surface area contributed by atoms with Gasteiger partial charge in [0.05, 0.1) is 12.7 Å². The van der Waals surface area contributed by atoms with Crippen molar-refractivity contribution in [2.75, 3.05) is 7.11 Å². The van der Waals surface area contributed by atoms with Crippen molar-refractivity contribution in [3.63, 3.8) is 0 Å². The van der Waals surface area contributed by atoms with E-state index in [1.807, 2.05) is 0 Å². The van der Waals surface area contributed by atoms with Crippen molar-refractivity contribution in [1.29, 1.82) is 0 Å². The first-order chi connectivity index (χ1) is 9.02. The van der Waals surface area contributed by atoms with E-state index in [2.05, 4.69) is 15.9 Å². The van der Waals surface area contributed by atoms with Crippen LogP contribution in [0, 0.1) is 11.6 Å². The van der Waals surface area contributed by atoms with E-state index >= 15 is 0 Å². The van der Waals surface area contributed by atoms with Crippen LogP contribution in [0.2, 0.25) is 0 Å². The Kier molecular flexibility index (Phi) is 3.95. The molecule has 0 aliphatic rings. The lowest BCUT2D eigenvalue weighted by Gasteiger charge is -2.07. The lowest BCUT2D eigenvalue weighted by atomic mass is 10.0. The van der Waals surface area contributed by atoms with Gasteiger partial charge >= 0.3 is 0 Å². The van der Waals surface area contributed by atoms with Gasteiger partial charge in [0, 0.05) is 22.2 Å². The SMILES string of the molecule is COc1cc(F)c(C(=O)c2ccc(Br)cc2)c(F)c1. The van der Waals surface area contributed by atoms with Gasteiger partial charge in [0.15, 0.2) is 5.78 Å². The maximum atomic E-state index is 13.8. The summed E-state index contributed by atoms with van der Waals surface area (Å²) in [4.78, 5) is 12.1. The zero-order chi connectivity index (χ0) is 14.0. The average Bonchev–Trinajstić information content (AvgIpc) is 2.38. The molecule has 5 heteroatoms. The first-order valence-electron chi connectivity index (χ1n) is 5.36. The molecular formula is C14H9BrF2O2. The Labute approximate surface area is 117 Å². The quantitative estimate of drug-likeness (QED) is 0.798. The Morgan fingerprint density at radius 2 is 1.63 bits per heavy atom. The smallest absolute Gasteiger partial charge is 0.198 e. The minimum Gasteiger partial charge on any atom is -0.497 e. The minimum absolute atomic E-state index is 0.0300. The Morgan fingerprint density at radius 1 is 1.11 bits per heavy atom. The molecule has 2 rings (SSSR count). The van der Waals surface area contributed by atoms with Gasteiger partial charge in [0.1, 0.15) is 17.4 Å². The van der Waals surface area contributed by atoms with Gasteiger partial charge in [0.25, 0.3) is 0 Å². The molecule has 0 aliphatic heterocycles. The lowest BCUT2D eigenvalue weighted by molar-refractivity contribution is 0.103. The lowest BCUT2D eigenvalue weighted by Crippen LogP contribution is -2.08. The molecule has 0 heterocycles. The first-order valence-corrected chi connectivity index (χ1v) is 6.15. The summed E-state index contributed by atoms with van der Waals surface area (Å²) < 4.78 is 33.0. The highest BCUT2D eigenvalue weighted by atomic mass is 79.9. The molecule has 19 heavy (non-hydrogen) atoms. The predicted octanol–water partition coefficient (Wildman–Crippen LogP) is 3.97. The first kappa shape index (κ1) is 13.7. The van der Waals surface area contributed by atoms with Gasteiger partial charge in [-0.25, -0.2) is 8.78 Å². The van der Waals surface area contributed by atoms with Crippen molar-refractivity contribution in [2.45, 2.75) is 0 Å². The summed E-state index contributed by atoms with van der Waals surface area (Å²) in [6.45, 7) is 0. The van der Waals surface area contributed by atoms with E-state index in [1.54, 1.807) is 12.1 Å². The number of ketones is 1. The van der Waals surface area contributed by atoms with Gasteiger partial charge in [-0.2, -0.15) is 0 Å². The number of ether oxygens (including phenoxy) is 1. The number of carbonyl (C=O) groups is 1. The molecule has 0 saturated carbocycles. The predicted molar refractivity (Wildman–Crippen MR) is 70.5 cm³/mol. The van der Waals surface area contributed by atoms with Crippen LogP contribution in [0.5, 0.6) is 5.75 Å². The maximum Gasteiger partial charge on any atom is 0.198 e. The summed E-state index contributed by atoms with van der Waals surface area (Å²) in [6, 6.07) is 8.22. The molecule has 0 N–H and O–H groups in total. The third kappa shape index (κ3) is 2.81. The van der Waals surface area contributed by atoms with Gasteiger partial charge < -0.3 is 4.74 Å². The van der Waals surface area contributed by atoms with E-state index in [0.717, 1.165) is 16.6 Å². The molecule has 0 saturated heterocycles. The van der Waals surface area contributed by atoms with Crippen LogP contribution < -0.4 is 4.74 Å². The monoisotopic (exact) mass is 326 g/mol. The third-order valence-corrected chi connectivity index (χ3v) is 3.11. The zero-order valence-electron chi connectivity index (χ0n) is 9.91. The van der Waals surface area contributed by atoms with Crippen LogP contribution in [0.4, 0.5) is 8.78 Å². The summed E-state index contributed by atoms with van der Waals surface area (Å²) in [5.41, 5.74) is -0.366. The van der Waals surface area contributed by atoms with Crippen LogP contribution in [0.25, 0.3) is 0 Å². The van der Waals surface area contributed by atoms with E-state index < -0.39 is 23.0 Å². The summed E-state index contributed by atoms with van der Waals surface area (Å²) in [7, 11) is 1.30. The fourth-order valence-corrected chi connectivity index (χ4v) is 1.89. The second-order valence-corrected chi connectivity index (χ2v) is 4.72. The molecule has 2 aromatic rings. The van der Waals surface area contributed by atoms with Gasteiger partial charge in [-0.3, -0.25) is 4.79 Å². The fourth-order valence-electron chi connectivity index (χ4n) is 1.63. The number of hydrogen-bond donors (Lipinski definition) is 0. The maximum absolute atomic E-state index is 13.8. The molecular weight excluding hydrogens is 318 g/mol. The molecule has 0 fully saturated rings. The summed E-state index contributed by atoms with van der Waals surface area (Å²) in [5, 5.41) is 0. The summed E-state index contributed by atoms with van der Waals surface area (Å²) in [6.07, 6.45) is 0. The van der Waals surface area contributed by atoms with E-state index in [0.29, 0.717) is 0 Å². The molecule has 0 bridgehead atoms. The normalized spacial score (nSPS) is 10.3. The van der Waals surface area contributed by atoms with Crippen LogP contribution >= 0.6 is 15.9 Å². The Bertz CT molecular complexity index is 601. The van der Waals surface area contributed by atoms with E-state index in [9.17, 15) is 13.6 Å². The van der Waals surface area contributed by atoms with E-state index in [-0.39, 0.29) is 11.3 Å². The van der Waals surface area contributed by atoms with Gasteiger partial charge in [-0.1, -0.05) is 15.9 Å². The largest absolute Gasteiger partial charge is 0.497 e. The highest BCUT2D eigenvalue weighted by Gasteiger charge is 2.20. The standard InChI is InChI=1S/C14H9BrF2O2/c1-19-10-6-11(16)13(12(17)7-10)14(18)8-2-4-9(15)5-3-8/h2-7H,1H3. The molecule has 2 nitrogen and oxygen atoms in total. The van der Waals surface area contributed by atoms with E-state index in [1.165, 1.54) is 19.2 Å². The van der Waals surface area contributed by atoms with Crippen molar-refractivity contribution in [3.05, 3.63) is 63.6 Å². The molecule has 0 atom stereocenters. The molecule has 0 aliphatic carbocycles. The van der Waals surface area contributed by atoms with Crippen molar-refractivity contribution < 1.29 is 18.3 Å². The van der Waals surface area contributed by atoms with Crippen molar-refractivity contribution in [2.24, 2.45) is 0 Å². The van der Waals surface area contributed by atoms with Crippen molar-refractivity contribution in [3.8, 4) is 5.75 Å². The molecule has 2 aromatic carbocycles. The molecule has 0 aromatic heterocycles. The fraction of sp³-hybridized carbons (Fsp3) is 0.0714. The van der Waals surface area contributed by atoms with Crippen LogP contribution in [0.3, 0.4) is 0 Å². The number of hydrogen-bond acceptors (Lipinski definition) is 2. The number of rotatable bonds is 3. The molecule has 0 radical (unpaired) electrons. The second kappa shape index (κ2) is 5.48. The number of methoxy groups -OCH3 is 1. The Balaban J connectivity index is 2.47. The highest BCUT2D eigenvalue weighted by Crippen LogP contribution is 2.23. The average molecular weight is 327 g/mol. The zero-order valence-corrected chi connectivity index (χ0v) is 11.5. The van der Waals surface area contributed by atoms with Gasteiger partial charge in [0.2, 0.25) is 0 Å². The van der Waals surface area contributed by atoms with Crippen LogP contribution in [0.1, 0.15) is 15.9 Å². The minimum atomic E-state index is -0.940. The van der Waals surface area contributed by atoms with Crippen molar-refractivity contribution >= 4 is 21.7 Å². The molecule has 0 spiro atoms. The number of halogens is 3. The van der Waals surface area contributed by atoms with Crippen LogP contribution in [-0.2, 0) is 0 Å². The second-order valence-electron chi connectivity index (χ2n) is 3.80. The topological polar surface area (TPSA) is 26.3 Å². The summed E-state index contributed by atoms with van der Waals surface area (Å²) in [5.74, 6) is -2.55. The Morgan fingerprint density at radius 3 is 2.11 bits per heavy atom. The van der Waals surface area contributed by atoms with Crippen LogP contribution in [0.15, 0.2) is 40.9 Å². The van der Waals surface area contributed by atoms with Gasteiger partial charge in [-0.15, -0.1) is 0 Å². The number of benzene rings is 2. The third-order valence-electron chi connectivity index (χ3n) is 2.58. The summed E-state index contributed by atoms with van der Waals surface area (Å²) >= 11 is 3.22. The Hall–Kier alpha value is -1.75. The van der Waals surface area contributed by atoms with Crippen LogP contribution in [-0.4, -0.2) is 12.9 Å². The highest BCUT2D eigenvalue weighted by molar-refractivity contribution is 9.10. The van der Waals surface area contributed by atoms with Gasteiger partial charge in [-0.05, 0) is 24.3 Å². The number of carbonyl (C=O) groups excluding carboxylic acids is 1. The van der Waals surface area contributed by atoms with Crippen molar-refractivity contribution in [1.82, 2.24) is 0 Å².